The predicted molar refractivity (Wildman–Crippen MR) is 73.5 cm³/mol. The molecule has 0 atom stereocenters. The molecule has 98 valence electrons. The summed E-state index contributed by atoms with van der Waals surface area (Å²) in [7, 11) is 0. The van der Waals surface area contributed by atoms with Crippen molar-refractivity contribution in [2.45, 2.75) is 6.42 Å². The lowest BCUT2D eigenvalue weighted by Gasteiger charge is -2.05. The Bertz CT molecular complexity index is 643. The van der Waals surface area contributed by atoms with E-state index in [0.29, 0.717) is 10.0 Å². The number of Topliss-reactive ketones (excluding diaryl/α,β-unsaturated/α-hetero) is 1. The number of carbonyl (C=O) groups is 1. The molecule has 2 aromatic rings. The summed E-state index contributed by atoms with van der Waals surface area (Å²) >= 11 is 8.91. The van der Waals surface area contributed by atoms with Crippen molar-refractivity contribution < 1.29 is 13.6 Å². The monoisotopic (exact) mass is 344 g/mol. The average molecular weight is 346 g/mol. The molecule has 1 nitrogen and oxygen atoms in total. The molecule has 0 fully saturated rings. The molecule has 0 heterocycles. The number of hydrogen-bond acceptors (Lipinski definition) is 1. The summed E-state index contributed by atoms with van der Waals surface area (Å²) in [6, 6.07) is 8.05. The maximum atomic E-state index is 13.7. The van der Waals surface area contributed by atoms with Gasteiger partial charge in [0.15, 0.2) is 5.78 Å². The molecule has 0 aliphatic carbocycles. The number of halogens is 4. The van der Waals surface area contributed by atoms with Gasteiger partial charge < -0.3 is 0 Å². The average Bonchev–Trinajstić information content (AvgIpc) is 2.33. The van der Waals surface area contributed by atoms with Crippen LogP contribution in [0.3, 0.4) is 0 Å². The third-order valence-corrected chi connectivity index (χ3v) is 3.76. The fourth-order valence-corrected chi connectivity index (χ4v) is 2.14. The van der Waals surface area contributed by atoms with E-state index in [1.165, 1.54) is 24.3 Å². The van der Waals surface area contributed by atoms with Gasteiger partial charge in [0.25, 0.3) is 0 Å². The van der Waals surface area contributed by atoms with Crippen LogP contribution in [0.4, 0.5) is 8.78 Å². The third kappa shape index (κ3) is 3.39. The van der Waals surface area contributed by atoms with Crippen LogP contribution in [0.15, 0.2) is 40.9 Å². The fourth-order valence-electron chi connectivity index (χ4n) is 1.66. The zero-order valence-electron chi connectivity index (χ0n) is 9.59. The summed E-state index contributed by atoms with van der Waals surface area (Å²) in [4.78, 5) is 12.0. The second kappa shape index (κ2) is 5.80. The number of rotatable bonds is 3. The van der Waals surface area contributed by atoms with E-state index in [1.54, 1.807) is 6.07 Å². The minimum atomic E-state index is -0.655. The molecule has 0 spiro atoms. The lowest BCUT2D eigenvalue weighted by atomic mass is 10.0. The van der Waals surface area contributed by atoms with E-state index in [-0.39, 0.29) is 17.0 Å². The van der Waals surface area contributed by atoms with Gasteiger partial charge in [-0.05, 0) is 45.8 Å². The smallest absolute Gasteiger partial charge is 0.170 e. The zero-order chi connectivity index (χ0) is 14.0. The molecule has 0 radical (unpaired) electrons. The summed E-state index contributed by atoms with van der Waals surface area (Å²) in [5.74, 6) is -1.53. The maximum Gasteiger partial charge on any atom is 0.170 e. The highest BCUT2D eigenvalue weighted by atomic mass is 79.9. The van der Waals surface area contributed by atoms with Crippen molar-refractivity contribution in [3.8, 4) is 0 Å². The van der Waals surface area contributed by atoms with Crippen molar-refractivity contribution in [2.24, 2.45) is 0 Å². The number of hydrogen-bond donors (Lipinski definition) is 0. The van der Waals surface area contributed by atoms with Crippen LogP contribution in [0.1, 0.15) is 15.9 Å². The number of carbonyl (C=O) groups excluding carboxylic acids is 1. The highest BCUT2D eigenvalue weighted by Gasteiger charge is 2.15. The van der Waals surface area contributed by atoms with Gasteiger partial charge in [-0.1, -0.05) is 23.7 Å². The molecule has 2 rings (SSSR count). The molecule has 0 unspecified atom stereocenters. The Morgan fingerprint density at radius 1 is 1.21 bits per heavy atom. The minimum absolute atomic E-state index is 0.0767. The summed E-state index contributed by atoms with van der Waals surface area (Å²) in [6.45, 7) is 0. The Balaban J connectivity index is 2.28. The third-order valence-electron chi connectivity index (χ3n) is 2.56. The van der Waals surface area contributed by atoms with Gasteiger partial charge in [0.1, 0.15) is 11.6 Å². The minimum Gasteiger partial charge on any atom is -0.294 e. The molecule has 0 N–H and O–H groups in total. The van der Waals surface area contributed by atoms with Crippen molar-refractivity contribution >= 4 is 33.3 Å². The van der Waals surface area contributed by atoms with Gasteiger partial charge in [0, 0.05) is 10.9 Å². The number of ketones is 1. The molecule has 5 heteroatoms. The van der Waals surface area contributed by atoms with Crippen LogP contribution < -0.4 is 0 Å². The Hall–Kier alpha value is -1.26. The van der Waals surface area contributed by atoms with Gasteiger partial charge in [0.2, 0.25) is 0 Å². The molecule has 0 amide bonds. The first-order chi connectivity index (χ1) is 8.97. The van der Waals surface area contributed by atoms with Gasteiger partial charge in [-0.3, -0.25) is 4.79 Å². The van der Waals surface area contributed by atoms with E-state index in [2.05, 4.69) is 15.9 Å². The van der Waals surface area contributed by atoms with Crippen molar-refractivity contribution in [1.29, 1.82) is 0 Å². The molecule has 2 aromatic carbocycles. The molecule has 0 saturated heterocycles. The molecule has 0 aliphatic heterocycles. The van der Waals surface area contributed by atoms with E-state index in [0.717, 1.165) is 6.07 Å². The van der Waals surface area contributed by atoms with Crippen LogP contribution in [0.5, 0.6) is 0 Å². The van der Waals surface area contributed by atoms with E-state index < -0.39 is 17.4 Å². The SMILES string of the molecule is O=C(Cc1cccc(F)c1)c1cc(Cl)c(Br)cc1F. The van der Waals surface area contributed by atoms with Crippen LogP contribution in [-0.4, -0.2) is 5.78 Å². The first-order valence-corrected chi connectivity index (χ1v) is 6.56. The van der Waals surface area contributed by atoms with Crippen LogP contribution in [0.2, 0.25) is 5.02 Å². The Morgan fingerprint density at radius 2 is 1.95 bits per heavy atom. The lowest BCUT2D eigenvalue weighted by Crippen LogP contribution is -2.06. The van der Waals surface area contributed by atoms with Crippen molar-refractivity contribution in [2.75, 3.05) is 0 Å². The van der Waals surface area contributed by atoms with E-state index in [4.69, 9.17) is 11.6 Å². The van der Waals surface area contributed by atoms with Crippen LogP contribution >= 0.6 is 27.5 Å². The fraction of sp³-hybridized carbons (Fsp3) is 0.0714. The molecule has 0 aromatic heterocycles. The van der Waals surface area contributed by atoms with Gasteiger partial charge >= 0.3 is 0 Å². The predicted octanol–water partition coefficient (Wildman–Crippen LogP) is 4.81. The first-order valence-electron chi connectivity index (χ1n) is 5.39. The summed E-state index contributed by atoms with van der Waals surface area (Å²) in [5.41, 5.74) is 0.390. The van der Waals surface area contributed by atoms with Crippen molar-refractivity contribution in [3.63, 3.8) is 0 Å². The lowest BCUT2D eigenvalue weighted by molar-refractivity contribution is 0.0989. The topological polar surface area (TPSA) is 17.1 Å². The second-order valence-corrected chi connectivity index (χ2v) is 5.24. The van der Waals surface area contributed by atoms with E-state index in [9.17, 15) is 13.6 Å². The number of benzene rings is 2. The maximum absolute atomic E-state index is 13.7. The normalized spacial score (nSPS) is 10.5. The van der Waals surface area contributed by atoms with Crippen molar-refractivity contribution in [1.82, 2.24) is 0 Å². The van der Waals surface area contributed by atoms with Gasteiger partial charge in [-0.2, -0.15) is 0 Å². The van der Waals surface area contributed by atoms with Crippen LogP contribution in [0.25, 0.3) is 0 Å². The quantitative estimate of drug-likeness (QED) is 0.576. The largest absolute Gasteiger partial charge is 0.294 e. The molecular formula is C14H8BrClF2O. The van der Waals surface area contributed by atoms with Crippen molar-refractivity contribution in [3.05, 3.63) is 68.7 Å². The Labute approximate surface area is 122 Å². The summed E-state index contributed by atoms with van der Waals surface area (Å²) in [6.07, 6.45) is -0.0767. The molecule has 0 aliphatic rings. The Morgan fingerprint density at radius 3 is 2.63 bits per heavy atom. The molecule has 19 heavy (non-hydrogen) atoms. The zero-order valence-corrected chi connectivity index (χ0v) is 11.9. The van der Waals surface area contributed by atoms with E-state index in [1.807, 2.05) is 0 Å². The summed E-state index contributed by atoms with van der Waals surface area (Å²) < 4.78 is 27.1. The van der Waals surface area contributed by atoms with Crippen LogP contribution in [0, 0.1) is 11.6 Å². The van der Waals surface area contributed by atoms with E-state index >= 15 is 0 Å². The second-order valence-electron chi connectivity index (χ2n) is 3.98. The molecule has 0 bridgehead atoms. The Kier molecular flexibility index (Phi) is 4.32. The molecule has 0 saturated carbocycles. The van der Waals surface area contributed by atoms with Gasteiger partial charge in [-0.15, -0.1) is 0 Å². The van der Waals surface area contributed by atoms with Gasteiger partial charge in [-0.25, -0.2) is 8.78 Å². The van der Waals surface area contributed by atoms with Crippen LogP contribution in [-0.2, 0) is 6.42 Å². The summed E-state index contributed by atoms with van der Waals surface area (Å²) in [5, 5.41) is 0.254. The highest BCUT2D eigenvalue weighted by Crippen LogP contribution is 2.26. The highest BCUT2D eigenvalue weighted by molar-refractivity contribution is 9.10. The molecular weight excluding hydrogens is 338 g/mol. The van der Waals surface area contributed by atoms with Gasteiger partial charge in [0.05, 0.1) is 10.6 Å². The standard InChI is InChI=1S/C14H8BrClF2O/c15-11-7-13(18)10(6-12(11)16)14(19)5-8-2-1-3-9(17)4-8/h1-4,6-7H,5H2. The first kappa shape index (κ1) is 14.2.